The summed E-state index contributed by atoms with van der Waals surface area (Å²) in [5, 5.41) is 11.4. The van der Waals surface area contributed by atoms with Gasteiger partial charge >= 0.3 is 0 Å². The third-order valence-corrected chi connectivity index (χ3v) is 3.11. The van der Waals surface area contributed by atoms with E-state index in [9.17, 15) is 4.79 Å². The van der Waals surface area contributed by atoms with Crippen LogP contribution in [0.15, 0.2) is 35.2 Å². The summed E-state index contributed by atoms with van der Waals surface area (Å²) in [6.45, 7) is 1.47. The Morgan fingerprint density at radius 2 is 2.19 bits per heavy atom. The molecule has 1 N–H and O–H groups in total. The molecule has 1 amide bonds. The lowest BCUT2D eigenvalue weighted by atomic mass is 10.2. The molecule has 0 heterocycles. The van der Waals surface area contributed by atoms with Crippen LogP contribution in [0.1, 0.15) is 13.3 Å². The quantitative estimate of drug-likeness (QED) is 0.795. The highest BCUT2D eigenvalue weighted by Gasteiger charge is 2.09. The van der Waals surface area contributed by atoms with Crippen LogP contribution in [-0.2, 0) is 4.79 Å². The fraction of sp³-hybridized carbons (Fsp3) is 0.333. The van der Waals surface area contributed by atoms with Crippen LogP contribution < -0.4 is 5.32 Å². The van der Waals surface area contributed by atoms with Crippen LogP contribution in [-0.4, -0.2) is 17.7 Å². The van der Waals surface area contributed by atoms with E-state index >= 15 is 0 Å². The fourth-order valence-corrected chi connectivity index (χ4v) is 2.21. The molecule has 0 aliphatic carbocycles. The third-order valence-electron chi connectivity index (χ3n) is 1.94. The van der Waals surface area contributed by atoms with Gasteiger partial charge in [-0.15, -0.1) is 11.8 Å². The largest absolute Gasteiger partial charge is 0.352 e. The number of rotatable bonds is 5. The van der Waals surface area contributed by atoms with Crippen molar-refractivity contribution in [2.24, 2.45) is 0 Å². The van der Waals surface area contributed by atoms with Gasteiger partial charge in [0, 0.05) is 17.6 Å². The SMILES string of the molecule is CC(=O)NC(CC#N)CSc1ccccc1. The number of hydrogen-bond donors (Lipinski definition) is 1. The normalized spacial score (nSPS) is 11.5. The number of hydrogen-bond acceptors (Lipinski definition) is 3. The van der Waals surface area contributed by atoms with Gasteiger partial charge in [0.05, 0.1) is 18.5 Å². The molecule has 0 saturated heterocycles. The molecule has 0 bridgehead atoms. The Morgan fingerprint density at radius 3 is 2.75 bits per heavy atom. The second-order valence-electron chi connectivity index (χ2n) is 3.38. The van der Waals surface area contributed by atoms with Gasteiger partial charge in [-0.2, -0.15) is 5.26 Å². The molecule has 1 aromatic carbocycles. The lowest BCUT2D eigenvalue weighted by Gasteiger charge is -2.13. The van der Waals surface area contributed by atoms with E-state index in [-0.39, 0.29) is 11.9 Å². The van der Waals surface area contributed by atoms with Gasteiger partial charge in [0.25, 0.3) is 0 Å². The lowest BCUT2D eigenvalue weighted by Crippen LogP contribution is -2.34. The number of carbonyl (C=O) groups excluding carboxylic acids is 1. The summed E-state index contributed by atoms with van der Waals surface area (Å²) < 4.78 is 0. The number of thioether (sulfide) groups is 1. The third kappa shape index (κ3) is 4.85. The molecule has 84 valence electrons. The number of nitrogens with one attached hydrogen (secondary N) is 1. The molecule has 0 spiro atoms. The summed E-state index contributed by atoms with van der Waals surface area (Å²) in [6, 6.07) is 11.9. The highest BCUT2D eigenvalue weighted by molar-refractivity contribution is 7.99. The van der Waals surface area contributed by atoms with Gasteiger partial charge in [-0.1, -0.05) is 18.2 Å². The molecule has 1 aromatic rings. The Kier molecular flexibility index (Phi) is 5.44. The summed E-state index contributed by atoms with van der Waals surface area (Å²) in [5.41, 5.74) is 0. The highest BCUT2D eigenvalue weighted by atomic mass is 32.2. The molecule has 0 aliphatic heterocycles. The maximum atomic E-state index is 10.9. The molecule has 1 unspecified atom stereocenters. The number of carbonyl (C=O) groups is 1. The van der Waals surface area contributed by atoms with Gasteiger partial charge < -0.3 is 5.32 Å². The van der Waals surface area contributed by atoms with Gasteiger partial charge in [-0.05, 0) is 12.1 Å². The van der Waals surface area contributed by atoms with E-state index in [4.69, 9.17) is 5.26 Å². The molecule has 0 saturated carbocycles. The van der Waals surface area contributed by atoms with Crippen molar-refractivity contribution in [2.75, 3.05) is 5.75 Å². The van der Waals surface area contributed by atoms with Crippen LogP contribution in [0.2, 0.25) is 0 Å². The summed E-state index contributed by atoms with van der Waals surface area (Å²) in [5.74, 6) is 0.630. The second-order valence-corrected chi connectivity index (χ2v) is 4.48. The lowest BCUT2D eigenvalue weighted by molar-refractivity contribution is -0.119. The Balaban J connectivity index is 2.44. The Morgan fingerprint density at radius 1 is 1.50 bits per heavy atom. The molecular weight excluding hydrogens is 220 g/mol. The molecule has 1 atom stereocenters. The van der Waals surface area contributed by atoms with E-state index in [1.165, 1.54) is 6.92 Å². The van der Waals surface area contributed by atoms with Crippen LogP contribution in [0, 0.1) is 11.3 Å². The van der Waals surface area contributed by atoms with Crippen molar-refractivity contribution in [1.29, 1.82) is 5.26 Å². The minimum Gasteiger partial charge on any atom is -0.352 e. The van der Waals surface area contributed by atoms with Crippen LogP contribution >= 0.6 is 11.8 Å². The van der Waals surface area contributed by atoms with Crippen molar-refractivity contribution < 1.29 is 4.79 Å². The average molecular weight is 234 g/mol. The van der Waals surface area contributed by atoms with Crippen molar-refractivity contribution in [3.63, 3.8) is 0 Å². The highest BCUT2D eigenvalue weighted by Crippen LogP contribution is 2.18. The van der Waals surface area contributed by atoms with Crippen LogP contribution in [0.4, 0.5) is 0 Å². The van der Waals surface area contributed by atoms with Crippen LogP contribution in [0.25, 0.3) is 0 Å². The monoisotopic (exact) mass is 234 g/mol. The van der Waals surface area contributed by atoms with Crippen molar-refractivity contribution in [1.82, 2.24) is 5.32 Å². The molecule has 3 nitrogen and oxygen atoms in total. The van der Waals surface area contributed by atoms with E-state index in [2.05, 4.69) is 11.4 Å². The maximum Gasteiger partial charge on any atom is 0.217 e. The van der Waals surface area contributed by atoms with Gasteiger partial charge in [0.15, 0.2) is 0 Å². The summed E-state index contributed by atoms with van der Waals surface area (Å²) >= 11 is 1.64. The minimum absolute atomic E-state index is 0.0762. The first-order valence-electron chi connectivity index (χ1n) is 5.04. The smallest absolute Gasteiger partial charge is 0.217 e. The minimum atomic E-state index is -0.0890. The molecule has 4 heteroatoms. The van der Waals surface area contributed by atoms with Crippen molar-refractivity contribution in [3.05, 3.63) is 30.3 Å². The standard InChI is InChI=1S/C12H14N2OS/c1-10(15)14-11(7-8-13)9-16-12-5-3-2-4-6-12/h2-6,11H,7,9H2,1H3,(H,14,15). The zero-order valence-electron chi connectivity index (χ0n) is 9.14. The molecule has 16 heavy (non-hydrogen) atoms. The molecule has 1 rings (SSSR count). The van der Waals surface area contributed by atoms with E-state index in [1.54, 1.807) is 11.8 Å². The van der Waals surface area contributed by atoms with E-state index < -0.39 is 0 Å². The zero-order valence-corrected chi connectivity index (χ0v) is 9.96. The first kappa shape index (κ1) is 12.6. The molecule has 0 aliphatic rings. The van der Waals surface area contributed by atoms with Crippen LogP contribution in [0.3, 0.4) is 0 Å². The first-order valence-corrected chi connectivity index (χ1v) is 6.03. The van der Waals surface area contributed by atoms with E-state index in [0.717, 1.165) is 10.6 Å². The van der Waals surface area contributed by atoms with E-state index in [0.29, 0.717) is 6.42 Å². The predicted molar refractivity (Wildman–Crippen MR) is 65.0 cm³/mol. The van der Waals surface area contributed by atoms with Gasteiger partial charge in [0.2, 0.25) is 5.91 Å². The number of nitrogens with zero attached hydrogens (tertiary/aromatic N) is 1. The van der Waals surface area contributed by atoms with Gasteiger partial charge in [-0.3, -0.25) is 4.79 Å². The van der Waals surface area contributed by atoms with Crippen molar-refractivity contribution in [2.45, 2.75) is 24.3 Å². The summed E-state index contributed by atoms with van der Waals surface area (Å²) in [4.78, 5) is 12.1. The Hall–Kier alpha value is -1.47. The molecule has 0 radical (unpaired) electrons. The summed E-state index contributed by atoms with van der Waals surface area (Å²) in [7, 11) is 0. The van der Waals surface area contributed by atoms with E-state index in [1.807, 2.05) is 30.3 Å². The van der Waals surface area contributed by atoms with Gasteiger partial charge in [0.1, 0.15) is 0 Å². The number of nitriles is 1. The first-order chi connectivity index (χ1) is 7.72. The number of amides is 1. The average Bonchev–Trinajstić information content (AvgIpc) is 2.27. The fourth-order valence-electron chi connectivity index (χ4n) is 1.26. The van der Waals surface area contributed by atoms with Crippen molar-refractivity contribution >= 4 is 17.7 Å². The Bertz CT molecular complexity index is 372. The Labute approximate surface area is 99.8 Å². The summed E-state index contributed by atoms with van der Waals surface area (Å²) in [6.07, 6.45) is 0.347. The molecular formula is C12H14N2OS. The predicted octanol–water partition coefficient (Wildman–Crippen LogP) is 2.20. The van der Waals surface area contributed by atoms with Gasteiger partial charge in [-0.25, -0.2) is 0 Å². The van der Waals surface area contributed by atoms with Crippen molar-refractivity contribution in [3.8, 4) is 6.07 Å². The molecule has 0 aromatic heterocycles. The molecule has 0 fully saturated rings. The van der Waals surface area contributed by atoms with Crippen LogP contribution in [0.5, 0.6) is 0 Å². The number of benzene rings is 1. The topological polar surface area (TPSA) is 52.9 Å². The zero-order chi connectivity index (χ0) is 11.8. The maximum absolute atomic E-state index is 10.9. The second kappa shape index (κ2) is 6.91.